The lowest BCUT2D eigenvalue weighted by Crippen LogP contribution is -2.28. The van der Waals surface area contributed by atoms with Gasteiger partial charge in [-0.1, -0.05) is 24.3 Å². The molecule has 24 heavy (non-hydrogen) atoms. The highest BCUT2D eigenvalue weighted by atomic mass is 16.5. The third-order valence-electron chi connectivity index (χ3n) is 3.72. The third-order valence-corrected chi connectivity index (χ3v) is 3.72. The number of methoxy groups -OCH3 is 1. The summed E-state index contributed by atoms with van der Waals surface area (Å²) in [5.74, 6) is 1.38. The Morgan fingerprint density at radius 1 is 1.17 bits per heavy atom. The van der Waals surface area contributed by atoms with Crippen molar-refractivity contribution in [3.63, 3.8) is 0 Å². The zero-order valence-electron chi connectivity index (χ0n) is 13.7. The normalized spacial score (nSPS) is 10.6. The van der Waals surface area contributed by atoms with E-state index in [-0.39, 0.29) is 6.03 Å². The monoisotopic (exact) mass is 324 g/mol. The number of carbonyl (C=O) groups excluding carboxylic acids is 1. The van der Waals surface area contributed by atoms with Gasteiger partial charge in [-0.2, -0.15) is 5.10 Å². The maximum Gasteiger partial charge on any atom is 0.320 e. The standard InChI is InChI=1S/C18H20N4O2/c1-3-19-18(23)20-17-15-6-4-5-7-16(15)22(21-17)12-13-8-10-14(24-2)11-9-13/h4-11H,3,12H2,1-2H3,(H2,19,20,21,23). The molecule has 6 heteroatoms. The molecule has 0 aliphatic heterocycles. The number of nitrogens with one attached hydrogen (secondary N) is 2. The Kier molecular flexibility index (Phi) is 4.65. The van der Waals surface area contributed by atoms with Crippen molar-refractivity contribution in [1.29, 1.82) is 0 Å². The smallest absolute Gasteiger partial charge is 0.320 e. The largest absolute Gasteiger partial charge is 0.497 e. The Labute approximate surface area is 140 Å². The minimum atomic E-state index is -0.252. The predicted molar refractivity (Wildman–Crippen MR) is 94.5 cm³/mol. The Bertz CT molecular complexity index is 840. The first kappa shape index (κ1) is 15.9. The number of urea groups is 1. The summed E-state index contributed by atoms with van der Waals surface area (Å²) in [7, 11) is 1.65. The van der Waals surface area contributed by atoms with Crippen molar-refractivity contribution >= 4 is 22.8 Å². The Hall–Kier alpha value is -3.02. The zero-order valence-corrected chi connectivity index (χ0v) is 13.7. The molecule has 1 aromatic heterocycles. The molecule has 0 atom stereocenters. The van der Waals surface area contributed by atoms with Crippen LogP contribution in [0.5, 0.6) is 5.75 Å². The number of aromatic nitrogens is 2. The van der Waals surface area contributed by atoms with E-state index in [0.717, 1.165) is 22.2 Å². The molecule has 124 valence electrons. The van der Waals surface area contributed by atoms with Crippen LogP contribution in [0.4, 0.5) is 10.6 Å². The van der Waals surface area contributed by atoms with E-state index in [1.165, 1.54) is 0 Å². The van der Waals surface area contributed by atoms with Crippen molar-refractivity contribution in [3.05, 3.63) is 54.1 Å². The number of ether oxygens (including phenoxy) is 1. The average molecular weight is 324 g/mol. The fourth-order valence-electron chi connectivity index (χ4n) is 2.56. The van der Waals surface area contributed by atoms with Gasteiger partial charge in [0, 0.05) is 11.9 Å². The number of fused-ring (bicyclic) bond motifs is 1. The fraction of sp³-hybridized carbons (Fsp3) is 0.222. The summed E-state index contributed by atoms with van der Waals surface area (Å²) < 4.78 is 7.07. The second kappa shape index (κ2) is 7.04. The minimum absolute atomic E-state index is 0.252. The van der Waals surface area contributed by atoms with Gasteiger partial charge < -0.3 is 10.1 Å². The molecule has 0 aliphatic rings. The maximum atomic E-state index is 11.8. The van der Waals surface area contributed by atoms with Crippen molar-refractivity contribution in [3.8, 4) is 5.75 Å². The van der Waals surface area contributed by atoms with Crippen LogP contribution in [-0.2, 0) is 6.54 Å². The highest BCUT2D eigenvalue weighted by Gasteiger charge is 2.12. The number of amides is 2. The van der Waals surface area contributed by atoms with Crippen molar-refractivity contribution in [2.75, 3.05) is 19.0 Å². The lowest BCUT2D eigenvalue weighted by Gasteiger charge is -2.05. The van der Waals surface area contributed by atoms with E-state index in [1.807, 2.05) is 60.1 Å². The van der Waals surface area contributed by atoms with Gasteiger partial charge in [0.2, 0.25) is 0 Å². The summed E-state index contributed by atoms with van der Waals surface area (Å²) >= 11 is 0. The van der Waals surface area contributed by atoms with Crippen molar-refractivity contribution in [2.24, 2.45) is 0 Å². The van der Waals surface area contributed by atoms with Crippen LogP contribution in [0.2, 0.25) is 0 Å². The molecule has 0 unspecified atom stereocenters. The van der Waals surface area contributed by atoms with E-state index in [1.54, 1.807) is 7.11 Å². The predicted octanol–water partition coefficient (Wildman–Crippen LogP) is 3.23. The second-order valence-electron chi connectivity index (χ2n) is 5.36. The molecule has 1 heterocycles. The fourth-order valence-corrected chi connectivity index (χ4v) is 2.56. The van der Waals surface area contributed by atoms with Crippen LogP contribution in [0.15, 0.2) is 48.5 Å². The number of nitrogens with zero attached hydrogens (tertiary/aromatic N) is 2. The first-order valence-corrected chi connectivity index (χ1v) is 7.84. The summed E-state index contributed by atoms with van der Waals surface area (Å²) in [5.41, 5.74) is 2.08. The molecule has 2 aromatic carbocycles. The molecule has 3 aromatic rings. The molecule has 0 spiro atoms. The molecule has 2 amide bonds. The Morgan fingerprint density at radius 3 is 2.62 bits per heavy atom. The number of hydrogen-bond donors (Lipinski definition) is 2. The van der Waals surface area contributed by atoms with Crippen LogP contribution in [0.3, 0.4) is 0 Å². The van der Waals surface area contributed by atoms with Gasteiger partial charge in [0.1, 0.15) is 5.75 Å². The van der Waals surface area contributed by atoms with E-state index >= 15 is 0 Å². The highest BCUT2D eigenvalue weighted by molar-refractivity contribution is 5.99. The molecular formula is C18H20N4O2. The summed E-state index contributed by atoms with van der Waals surface area (Å²) in [6.07, 6.45) is 0. The molecule has 3 rings (SSSR count). The van der Waals surface area contributed by atoms with Crippen molar-refractivity contribution in [1.82, 2.24) is 15.1 Å². The van der Waals surface area contributed by atoms with Gasteiger partial charge in [0.15, 0.2) is 5.82 Å². The van der Waals surface area contributed by atoms with Gasteiger partial charge >= 0.3 is 6.03 Å². The minimum Gasteiger partial charge on any atom is -0.497 e. The lowest BCUT2D eigenvalue weighted by molar-refractivity contribution is 0.252. The first-order valence-electron chi connectivity index (χ1n) is 7.84. The topological polar surface area (TPSA) is 68.2 Å². The van der Waals surface area contributed by atoms with Gasteiger partial charge in [-0.3, -0.25) is 10.00 Å². The van der Waals surface area contributed by atoms with Gasteiger partial charge in [0.25, 0.3) is 0 Å². The van der Waals surface area contributed by atoms with Gasteiger partial charge in [0.05, 0.1) is 19.2 Å². The molecule has 0 saturated heterocycles. The van der Waals surface area contributed by atoms with Crippen LogP contribution in [-0.4, -0.2) is 29.5 Å². The van der Waals surface area contributed by atoms with Crippen LogP contribution in [0.1, 0.15) is 12.5 Å². The average Bonchev–Trinajstić information content (AvgIpc) is 2.94. The summed E-state index contributed by atoms with van der Waals surface area (Å²) in [6, 6.07) is 15.5. The van der Waals surface area contributed by atoms with Crippen LogP contribution >= 0.6 is 0 Å². The van der Waals surface area contributed by atoms with Gasteiger partial charge in [-0.25, -0.2) is 4.79 Å². The molecule has 0 aliphatic carbocycles. The lowest BCUT2D eigenvalue weighted by atomic mass is 10.2. The van der Waals surface area contributed by atoms with Gasteiger partial charge in [-0.05, 0) is 36.8 Å². The highest BCUT2D eigenvalue weighted by Crippen LogP contribution is 2.23. The molecule has 0 radical (unpaired) electrons. The molecule has 6 nitrogen and oxygen atoms in total. The SMILES string of the molecule is CCNC(=O)Nc1nn(Cc2ccc(OC)cc2)c2ccccc12. The Balaban J connectivity index is 1.91. The van der Waals surface area contributed by atoms with Crippen molar-refractivity contribution in [2.45, 2.75) is 13.5 Å². The number of anilines is 1. The molecule has 0 fully saturated rings. The summed E-state index contributed by atoms with van der Waals surface area (Å²) in [4.78, 5) is 11.8. The number of rotatable bonds is 5. The molecular weight excluding hydrogens is 304 g/mol. The molecule has 0 saturated carbocycles. The first-order chi connectivity index (χ1) is 11.7. The molecule has 2 N–H and O–H groups in total. The number of hydrogen-bond acceptors (Lipinski definition) is 3. The molecule has 0 bridgehead atoms. The number of benzene rings is 2. The number of para-hydroxylation sites is 1. The van der Waals surface area contributed by atoms with E-state index in [0.29, 0.717) is 18.9 Å². The summed E-state index contributed by atoms with van der Waals surface area (Å²) in [6.45, 7) is 3.05. The number of carbonyl (C=O) groups is 1. The quantitative estimate of drug-likeness (QED) is 0.757. The van der Waals surface area contributed by atoms with Crippen LogP contribution in [0.25, 0.3) is 10.9 Å². The van der Waals surface area contributed by atoms with E-state index in [4.69, 9.17) is 4.74 Å². The van der Waals surface area contributed by atoms with Gasteiger partial charge in [-0.15, -0.1) is 0 Å². The zero-order chi connectivity index (χ0) is 16.9. The van der Waals surface area contributed by atoms with Crippen LogP contribution < -0.4 is 15.4 Å². The van der Waals surface area contributed by atoms with E-state index in [9.17, 15) is 4.79 Å². The Morgan fingerprint density at radius 2 is 1.92 bits per heavy atom. The van der Waals surface area contributed by atoms with Crippen molar-refractivity contribution < 1.29 is 9.53 Å². The summed E-state index contributed by atoms with van der Waals surface area (Å²) in [5, 5.41) is 11.0. The van der Waals surface area contributed by atoms with E-state index in [2.05, 4.69) is 15.7 Å². The van der Waals surface area contributed by atoms with Crippen LogP contribution in [0, 0.1) is 0 Å². The third kappa shape index (κ3) is 3.32. The maximum absolute atomic E-state index is 11.8. The second-order valence-corrected chi connectivity index (χ2v) is 5.36. The van der Waals surface area contributed by atoms with E-state index < -0.39 is 0 Å².